The van der Waals surface area contributed by atoms with Gasteiger partial charge in [-0.05, 0) is 49.2 Å². The fourth-order valence-electron chi connectivity index (χ4n) is 2.34. The Morgan fingerprint density at radius 2 is 1.86 bits per heavy atom. The highest BCUT2D eigenvalue weighted by molar-refractivity contribution is 6.31. The molecule has 0 radical (unpaired) electrons. The monoisotopic (exact) mass is 301 g/mol. The normalized spacial score (nSPS) is 12.5. The fraction of sp³-hybridized carbons (Fsp3) is 0.188. The first-order valence-corrected chi connectivity index (χ1v) is 7.15. The largest absolute Gasteiger partial charge is 0.378 e. The van der Waals surface area contributed by atoms with Crippen molar-refractivity contribution in [3.8, 4) is 0 Å². The molecular weight excluding hydrogens is 286 g/mol. The molecule has 0 saturated heterocycles. The first-order chi connectivity index (χ1) is 10.0. The minimum atomic E-state index is -0.187. The van der Waals surface area contributed by atoms with Crippen molar-refractivity contribution in [2.45, 2.75) is 19.9 Å². The molecule has 0 aliphatic heterocycles. The highest BCUT2D eigenvalue weighted by Crippen LogP contribution is 2.25. The second-order valence-electron chi connectivity index (χ2n) is 5.21. The summed E-state index contributed by atoms with van der Waals surface area (Å²) in [6, 6.07) is 11.9. The Bertz CT molecular complexity index is 850. The molecule has 0 aliphatic carbocycles. The van der Waals surface area contributed by atoms with Gasteiger partial charge in [0.25, 0.3) is 0 Å². The highest BCUT2D eigenvalue weighted by Gasteiger charge is 2.08. The van der Waals surface area contributed by atoms with Crippen molar-refractivity contribution in [3.05, 3.63) is 63.0 Å². The molecule has 1 atom stereocenters. The lowest BCUT2D eigenvalue weighted by molar-refractivity contribution is 0.886. The van der Waals surface area contributed by atoms with Crippen LogP contribution in [0.4, 0.5) is 5.69 Å². The van der Waals surface area contributed by atoms with Crippen molar-refractivity contribution >= 4 is 28.3 Å². The van der Waals surface area contributed by atoms with E-state index in [2.05, 4.69) is 22.2 Å². The molecule has 2 aromatic carbocycles. The molecule has 108 valence electrons. The Morgan fingerprint density at radius 1 is 1.10 bits per heavy atom. The van der Waals surface area contributed by atoms with E-state index in [9.17, 15) is 4.79 Å². The Morgan fingerprint density at radius 3 is 2.62 bits per heavy atom. The molecule has 0 aliphatic rings. The Labute approximate surface area is 127 Å². The second-order valence-corrected chi connectivity index (χ2v) is 5.62. The molecule has 1 aromatic heterocycles. The summed E-state index contributed by atoms with van der Waals surface area (Å²) >= 11 is 6.14. The smallest absolute Gasteiger partial charge is 0.323 e. The van der Waals surface area contributed by atoms with E-state index in [0.717, 1.165) is 32.9 Å². The maximum atomic E-state index is 11.3. The van der Waals surface area contributed by atoms with Crippen LogP contribution in [0, 0.1) is 6.92 Å². The summed E-state index contributed by atoms with van der Waals surface area (Å²) in [6.07, 6.45) is 0. The van der Waals surface area contributed by atoms with E-state index in [-0.39, 0.29) is 11.7 Å². The maximum Gasteiger partial charge on any atom is 0.323 e. The van der Waals surface area contributed by atoms with E-state index in [1.54, 1.807) is 0 Å². The number of benzene rings is 2. The zero-order chi connectivity index (χ0) is 15.0. The summed E-state index contributed by atoms with van der Waals surface area (Å²) < 4.78 is 0. The summed E-state index contributed by atoms with van der Waals surface area (Å²) in [7, 11) is 0. The minimum absolute atomic E-state index is 0.103. The molecule has 5 heteroatoms. The first-order valence-electron chi connectivity index (χ1n) is 6.77. The Hall–Kier alpha value is -2.20. The summed E-state index contributed by atoms with van der Waals surface area (Å²) in [5.74, 6) is 0. The highest BCUT2D eigenvalue weighted by atomic mass is 35.5. The number of H-pyrrole nitrogens is 2. The van der Waals surface area contributed by atoms with Gasteiger partial charge >= 0.3 is 5.69 Å². The molecule has 0 saturated carbocycles. The number of nitrogens with one attached hydrogen (secondary N) is 3. The van der Waals surface area contributed by atoms with Gasteiger partial charge in [0.05, 0.1) is 11.0 Å². The Kier molecular flexibility index (Phi) is 3.47. The van der Waals surface area contributed by atoms with Crippen LogP contribution in [0.25, 0.3) is 11.0 Å². The van der Waals surface area contributed by atoms with Crippen molar-refractivity contribution in [1.82, 2.24) is 9.97 Å². The quantitative estimate of drug-likeness (QED) is 0.685. The van der Waals surface area contributed by atoms with Crippen LogP contribution in [0.1, 0.15) is 24.1 Å². The van der Waals surface area contributed by atoms with E-state index in [4.69, 9.17) is 11.6 Å². The van der Waals surface area contributed by atoms with Crippen molar-refractivity contribution < 1.29 is 0 Å². The molecule has 1 heterocycles. The zero-order valence-corrected chi connectivity index (χ0v) is 12.6. The molecule has 0 spiro atoms. The number of aryl methyl sites for hydroxylation is 1. The zero-order valence-electron chi connectivity index (χ0n) is 11.8. The standard InChI is InChI=1S/C16H16ClN3O/c1-9-3-5-12(8-13(9)17)18-10(2)11-4-6-14-15(7-11)20-16(21)19-14/h3-8,10,18H,1-2H3,(H2,19,20,21). The number of hydrogen-bond acceptors (Lipinski definition) is 2. The average Bonchev–Trinajstić information content (AvgIpc) is 2.82. The van der Waals surface area contributed by atoms with Crippen molar-refractivity contribution in [2.75, 3.05) is 5.32 Å². The van der Waals surface area contributed by atoms with Crippen LogP contribution in [0.15, 0.2) is 41.2 Å². The number of hydrogen-bond donors (Lipinski definition) is 3. The minimum Gasteiger partial charge on any atom is -0.378 e. The number of imidazole rings is 1. The van der Waals surface area contributed by atoms with E-state index in [1.165, 1.54) is 0 Å². The summed E-state index contributed by atoms with van der Waals surface area (Å²) in [5.41, 5.74) is 4.56. The number of aromatic amines is 2. The van der Waals surface area contributed by atoms with E-state index >= 15 is 0 Å². The molecule has 1 unspecified atom stereocenters. The van der Waals surface area contributed by atoms with Crippen LogP contribution in [0.2, 0.25) is 5.02 Å². The van der Waals surface area contributed by atoms with Gasteiger partial charge in [0.2, 0.25) is 0 Å². The number of aromatic nitrogens is 2. The van der Waals surface area contributed by atoms with Gasteiger partial charge < -0.3 is 15.3 Å². The van der Waals surface area contributed by atoms with Crippen LogP contribution in [-0.2, 0) is 0 Å². The van der Waals surface area contributed by atoms with Gasteiger partial charge in [-0.25, -0.2) is 4.79 Å². The van der Waals surface area contributed by atoms with Gasteiger partial charge in [-0.15, -0.1) is 0 Å². The summed E-state index contributed by atoms with van der Waals surface area (Å²) in [6.45, 7) is 4.05. The molecule has 3 N–H and O–H groups in total. The molecular formula is C16H16ClN3O. The van der Waals surface area contributed by atoms with E-state index in [0.29, 0.717) is 0 Å². The third-order valence-corrected chi connectivity index (χ3v) is 4.00. The lowest BCUT2D eigenvalue weighted by Gasteiger charge is -2.16. The maximum absolute atomic E-state index is 11.3. The van der Waals surface area contributed by atoms with Gasteiger partial charge in [0.1, 0.15) is 0 Å². The van der Waals surface area contributed by atoms with Gasteiger partial charge in [-0.1, -0.05) is 23.7 Å². The molecule has 21 heavy (non-hydrogen) atoms. The summed E-state index contributed by atoms with van der Waals surface area (Å²) in [5, 5.41) is 4.16. The molecule has 3 rings (SSSR count). The van der Waals surface area contributed by atoms with Gasteiger partial charge in [-0.3, -0.25) is 0 Å². The first kappa shape index (κ1) is 13.8. The van der Waals surface area contributed by atoms with Crippen LogP contribution in [0.3, 0.4) is 0 Å². The van der Waals surface area contributed by atoms with Gasteiger partial charge in [0, 0.05) is 16.8 Å². The third kappa shape index (κ3) is 2.81. The number of rotatable bonds is 3. The van der Waals surface area contributed by atoms with Gasteiger partial charge in [-0.2, -0.15) is 0 Å². The molecule has 0 fully saturated rings. The molecule has 0 amide bonds. The number of anilines is 1. The van der Waals surface area contributed by atoms with E-state index < -0.39 is 0 Å². The topological polar surface area (TPSA) is 60.7 Å². The number of halogens is 1. The van der Waals surface area contributed by atoms with Crippen LogP contribution >= 0.6 is 11.6 Å². The van der Waals surface area contributed by atoms with Gasteiger partial charge in [0.15, 0.2) is 0 Å². The predicted molar refractivity (Wildman–Crippen MR) is 87.1 cm³/mol. The fourth-order valence-corrected chi connectivity index (χ4v) is 2.52. The molecule has 4 nitrogen and oxygen atoms in total. The SMILES string of the molecule is Cc1ccc(NC(C)c2ccc3[nH]c(=O)[nH]c3c2)cc1Cl. The average molecular weight is 302 g/mol. The lowest BCUT2D eigenvalue weighted by Crippen LogP contribution is -2.06. The summed E-state index contributed by atoms with van der Waals surface area (Å²) in [4.78, 5) is 16.8. The third-order valence-electron chi connectivity index (χ3n) is 3.60. The van der Waals surface area contributed by atoms with E-state index in [1.807, 2.05) is 43.3 Å². The van der Waals surface area contributed by atoms with Crippen LogP contribution < -0.4 is 11.0 Å². The van der Waals surface area contributed by atoms with Crippen LogP contribution in [-0.4, -0.2) is 9.97 Å². The Balaban J connectivity index is 1.87. The number of fused-ring (bicyclic) bond motifs is 1. The van der Waals surface area contributed by atoms with Crippen LogP contribution in [0.5, 0.6) is 0 Å². The van der Waals surface area contributed by atoms with Crippen molar-refractivity contribution in [3.63, 3.8) is 0 Å². The molecule has 3 aromatic rings. The van der Waals surface area contributed by atoms with Crippen molar-refractivity contribution in [2.24, 2.45) is 0 Å². The predicted octanol–water partition coefficient (Wildman–Crippen LogP) is 3.99. The van der Waals surface area contributed by atoms with Crippen molar-refractivity contribution in [1.29, 1.82) is 0 Å². The second kappa shape index (κ2) is 5.30. The lowest BCUT2D eigenvalue weighted by atomic mass is 10.1. The molecule has 0 bridgehead atoms.